The molecule has 1 fully saturated rings. The molecule has 0 spiro atoms. The van der Waals surface area contributed by atoms with Gasteiger partial charge in [-0.05, 0) is 12.8 Å². The van der Waals surface area contributed by atoms with Crippen LogP contribution in [0.25, 0.3) is 0 Å². The van der Waals surface area contributed by atoms with Crippen molar-refractivity contribution in [3.05, 3.63) is 58.6 Å². The van der Waals surface area contributed by atoms with Gasteiger partial charge in [-0.3, -0.25) is 4.79 Å². The molecule has 0 aromatic carbocycles. The fraction of sp³-hybridized carbons (Fsp3) is 0.421. The molecule has 0 saturated carbocycles. The van der Waals surface area contributed by atoms with Crippen molar-refractivity contribution < 1.29 is 4.79 Å². The molecule has 0 aliphatic carbocycles. The van der Waals surface area contributed by atoms with E-state index in [-0.39, 0.29) is 11.8 Å². The van der Waals surface area contributed by atoms with E-state index in [1.54, 1.807) is 23.7 Å². The van der Waals surface area contributed by atoms with Crippen molar-refractivity contribution in [1.82, 2.24) is 29.4 Å². The number of carbonyl (C=O) groups excluding carboxylic acids is 1. The van der Waals surface area contributed by atoms with Crippen LogP contribution in [0.2, 0.25) is 0 Å². The van der Waals surface area contributed by atoms with Crippen molar-refractivity contribution in [3.63, 3.8) is 0 Å². The molecule has 1 saturated heterocycles. The highest BCUT2D eigenvalue weighted by atomic mass is 32.1. The number of piperidine rings is 1. The van der Waals surface area contributed by atoms with E-state index in [1.165, 1.54) is 0 Å². The zero-order valence-corrected chi connectivity index (χ0v) is 16.1. The summed E-state index contributed by atoms with van der Waals surface area (Å²) in [6.45, 7) is 4.15. The van der Waals surface area contributed by atoms with Gasteiger partial charge in [0.05, 0.1) is 23.3 Å². The number of amides is 1. The number of hydrogen-bond acceptors (Lipinski definition) is 6. The molecule has 0 N–H and O–H groups in total. The molecule has 27 heavy (non-hydrogen) atoms. The van der Waals surface area contributed by atoms with E-state index in [0.29, 0.717) is 12.1 Å². The fourth-order valence-corrected chi connectivity index (χ4v) is 4.06. The first-order valence-corrected chi connectivity index (χ1v) is 10.2. The van der Waals surface area contributed by atoms with E-state index < -0.39 is 0 Å². The van der Waals surface area contributed by atoms with E-state index in [4.69, 9.17) is 0 Å². The van der Waals surface area contributed by atoms with Gasteiger partial charge in [-0.2, -0.15) is 0 Å². The zero-order chi connectivity index (χ0) is 18.6. The Balaban J connectivity index is 1.48. The van der Waals surface area contributed by atoms with Crippen LogP contribution < -0.4 is 0 Å². The summed E-state index contributed by atoms with van der Waals surface area (Å²) in [5.74, 6) is 2.01. The van der Waals surface area contributed by atoms with Gasteiger partial charge in [0.1, 0.15) is 11.6 Å². The van der Waals surface area contributed by atoms with Gasteiger partial charge in [0.15, 0.2) is 0 Å². The minimum atomic E-state index is -0.0000366. The summed E-state index contributed by atoms with van der Waals surface area (Å²) in [5, 5.41) is 2.06. The number of aromatic nitrogens is 5. The molecule has 0 radical (unpaired) electrons. The summed E-state index contributed by atoms with van der Waals surface area (Å²) in [7, 11) is 0. The topological polar surface area (TPSA) is 76.8 Å². The smallest absolute Gasteiger partial charge is 0.257 e. The van der Waals surface area contributed by atoms with Gasteiger partial charge in [0.2, 0.25) is 0 Å². The first-order valence-electron chi connectivity index (χ1n) is 9.23. The molecule has 0 unspecified atom stereocenters. The fourth-order valence-electron chi connectivity index (χ4n) is 3.51. The van der Waals surface area contributed by atoms with Crippen LogP contribution in [-0.2, 0) is 13.0 Å². The molecule has 4 rings (SSSR count). The maximum atomic E-state index is 12.9. The maximum Gasteiger partial charge on any atom is 0.257 e. The highest BCUT2D eigenvalue weighted by molar-refractivity contribution is 7.07. The van der Waals surface area contributed by atoms with Gasteiger partial charge in [-0.1, -0.05) is 6.92 Å². The number of likely N-dealkylation sites (tertiary alicyclic amines) is 1. The van der Waals surface area contributed by atoms with Gasteiger partial charge in [-0.25, -0.2) is 19.9 Å². The standard InChI is InChI=1S/C19H22N6OS/c1-2-17-21-8-15(9-22-17)19(26)25-6-3-4-14(10-25)18-20-5-7-24(18)11-16-12-27-13-23-16/h5,7-9,12-14H,2-4,6,10-11H2,1H3/t14-/m0/s1. The van der Waals surface area contributed by atoms with Gasteiger partial charge in [0.25, 0.3) is 5.91 Å². The van der Waals surface area contributed by atoms with Gasteiger partial charge >= 0.3 is 0 Å². The first-order chi connectivity index (χ1) is 13.2. The van der Waals surface area contributed by atoms with Gasteiger partial charge < -0.3 is 9.47 Å². The Hall–Kier alpha value is -2.61. The van der Waals surface area contributed by atoms with E-state index in [0.717, 1.165) is 49.7 Å². The molecule has 1 amide bonds. The Kier molecular flexibility index (Phi) is 5.24. The van der Waals surface area contributed by atoms with E-state index in [1.807, 2.05) is 29.7 Å². The van der Waals surface area contributed by atoms with E-state index in [2.05, 4.69) is 29.9 Å². The molecule has 4 heterocycles. The largest absolute Gasteiger partial charge is 0.338 e. The van der Waals surface area contributed by atoms with Crippen LogP contribution in [0.4, 0.5) is 0 Å². The highest BCUT2D eigenvalue weighted by Gasteiger charge is 2.28. The molecule has 0 bridgehead atoms. The van der Waals surface area contributed by atoms with Crippen LogP contribution in [0.15, 0.2) is 35.7 Å². The molecule has 8 heteroatoms. The average molecular weight is 382 g/mol. The lowest BCUT2D eigenvalue weighted by Gasteiger charge is -2.32. The molecular formula is C19H22N6OS. The van der Waals surface area contributed by atoms with Gasteiger partial charge in [0, 0.05) is 55.6 Å². The van der Waals surface area contributed by atoms with Crippen molar-refractivity contribution in [3.8, 4) is 0 Å². The third kappa shape index (κ3) is 3.90. The van der Waals surface area contributed by atoms with Crippen LogP contribution in [0.1, 0.15) is 53.4 Å². The second-order valence-electron chi connectivity index (χ2n) is 6.72. The van der Waals surface area contributed by atoms with Crippen molar-refractivity contribution in [1.29, 1.82) is 0 Å². The Morgan fingerprint density at radius 3 is 2.85 bits per heavy atom. The number of hydrogen-bond donors (Lipinski definition) is 0. The van der Waals surface area contributed by atoms with Crippen molar-refractivity contribution in [2.24, 2.45) is 0 Å². The van der Waals surface area contributed by atoms with Gasteiger partial charge in [-0.15, -0.1) is 11.3 Å². The monoisotopic (exact) mass is 382 g/mol. The van der Waals surface area contributed by atoms with Crippen molar-refractivity contribution in [2.45, 2.75) is 38.6 Å². The number of carbonyl (C=O) groups is 1. The van der Waals surface area contributed by atoms with E-state index >= 15 is 0 Å². The zero-order valence-electron chi connectivity index (χ0n) is 15.3. The molecule has 1 atom stereocenters. The lowest BCUT2D eigenvalue weighted by Crippen LogP contribution is -2.40. The Morgan fingerprint density at radius 2 is 2.11 bits per heavy atom. The second kappa shape index (κ2) is 7.96. The SMILES string of the molecule is CCc1ncc(C(=O)N2CCC[C@H](c3nccn3Cc3cscn3)C2)cn1. The lowest BCUT2D eigenvalue weighted by atomic mass is 9.96. The second-order valence-corrected chi connectivity index (χ2v) is 7.44. The summed E-state index contributed by atoms with van der Waals surface area (Å²) < 4.78 is 2.15. The number of nitrogens with zero attached hydrogens (tertiary/aromatic N) is 6. The summed E-state index contributed by atoms with van der Waals surface area (Å²) in [6, 6.07) is 0. The molecule has 1 aliphatic rings. The number of thiazole rings is 1. The Labute approximate surface area is 162 Å². The number of aryl methyl sites for hydroxylation is 1. The number of imidazole rings is 1. The minimum Gasteiger partial charge on any atom is -0.338 e. The normalized spacial score (nSPS) is 17.2. The summed E-state index contributed by atoms with van der Waals surface area (Å²) in [6.07, 6.45) is 9.87. The highest BCUT2D eigenvalue weighted by Crippen LogP contribution is 2.27. The van der Waals surface area contributed by atoms with Crippen molar-refractivity contribution >= 4 is 17.2 Å². The molecule has 1 aliphatic heterocycles. The lowest BCUT2D eigenvalue weighted by molar-refractivity contribution is 0.0702. The predicted octanol–water partition coefficient (Wildman–Crippen LogP) is 2.76. The van der Waals surface area contributed by atoms with Crippen LogP contribution in [-0.4, -0.2) is 48.4 Å². The quantitative estimate of drug-likeness (QED) is 0.678. The molecule has 140 valence electrons. The van der Waals surface area contributed by atoms with Crippen LogP contribution in [0, 0.1) is 0 Å². The summed E-state index contributed by atoms with van der Waals surface area (Å²) in [5.41, 5.74) is 3.44. The average Bonchev–Trinajstić information content (AvgIpc) is 3.40. The molecule has 7 nitrogen and oxygen atoms in total. The number of rotatable bonds is 5. The van der Waals surface area contributed by atoms with Crippen LogP contribution in [0.3, 0.4) is 0 Å². The van der Waals surface area contributed by atoms with Crippen LogP contribution >= 0.6 is 11.3 Å². The predicted molar refractivity (Wildman–Crippen MR) is 103 cm³/mol. The third-order valence-corrected chi connectivity index (χ3v) is 5.54. The molecular weight excluding hydrogens is 360 g/mol. The minimum absolute atomic E-state index is 0.0000366. The summed E-state index contributed by atoms with van der Waals surface area (Å²) >= 11 is 1.60. The summed E-state index contributed by atoms with van der Waals surface area (Å²) in [4.78, 5) is 32.2. The van der Waals surface area contributed by atoms with E-state index in [9.17, 15) is 4.79 Å². The molecule has 3 aromatic heterocycles. The Bertz CT molecular complexity index is 889. The third-order valence-electron chi connectivity index (χ3n) is 4.91. The Morgan fingerprint density at radius 1 is 1.26 bits per heavy atom. The van der Waals surface area contributed by atoms with Crippen molar-refractivity contribution in [2.75, 3.05) is 13.1 Å². The van der Waals surface area contributed by atoms with Crippen LogP contribution in [0.5, 0.6) is 0 Å². The molecule has 3 aromatic rings. The first kappa shape index (κ1) is 17.8. The maximum absolute atomic E-state index is 12.9.